The Morgan fingerprint density at radius 3 is 2.94 bits per heavy atom. The zero-order chi connectivity index (χ0) is 12.4. The van der Waals surface area contributed by atoms with Crippen molar-refractivity contribution in [3.63, 3.8) is 0 Å². The average molecular weight is 299 g/mol. The second-order valence-corrected chi connectivity index (χ2v) is 5.32. The lowest BCUT2D eigenvalue weighted by Crippen LogP contribution is -2.30. The first kappa shape index (κ1) is 12.5. The van der Waals surface area contributed by atoms with Crippen molar-refractivity contribution in [2.24, 2.45) is 5.92 Å². The van der Waals surface area contributed by atoms with Gasteiger partial charge in [0.1, 0.15) is 5.69 Å². The molecule has 1 aromatic heterocycles. The van der Waals surface area contributed by atoms with Gasteiger partial charge in [-0.15, -0.1) is 0 Å². The number of nitrogens with zero attached hydrogens (tertiary/aromatic N) is 2. The third kappa shape index (κ3) is 2.84. The molecule has 2 atom stereocenters. The van der Waals surface area contributed by atoms with E-state index in [0.29, 0.717) is 18.8 Å². The number of rotatable bonds is 2. The number of aromatic nitrogens is 1. The third-order valence-electron chi connectivity index (χ3n) is 3.14. The average Bonchev–Trinajstić information content (AvgIpc) is 2.78. The van der Waals surface area contributed by atoms with Crippen molar-refractivity contribution >= 4 is 21.8 Å². The minimum absolute atomic E-state index is 0.0550. The summed E-state index contributed by atoms with van der Waals surface area (Å²) < 4.78 is 0.859. The fourth-order valence-corrected chi connectivity index (χ4v) is 2.26. The van der Waals surface area contributed by atoms with Crippen molar-refractivity contribution in [1.82, 2.24) is 9.88 Å². The maximum atomic E-state index is 12.1. The van der Waals surface area contributed by atoms with Gasteiger partial charge in [-0.2, -0.15) is 0 Å². The number of aliphatic hydroxyl groups excluding tert-OH is 1. The van der Waals surface area contributed by atoms with Crippen LogP contribution in [-0.2, 0) is 0 Å². The SMILES string of the molecule is CC(O)C1CCN(C(=O)c2ccc(Br)cn2)C1. The molecule has 5 heteroatoms. The Bertz CT molecular complexity index is 405. The van der Waals surface area contributed by atoms with E-state index < -0.39 is 0 Å². The number of aliphatic hydroxyl groups is 1. The highest BCUT2D eigenvalue weighted by atomic mass is 79.9. The first-order valence-electron chi connectivity index (χ1n) is 5.67. The summed E-state index contributed by atoms with van der Waals surface area (Å²) in [6.45, 7) is 3.09. The number of hydrogen-bond donors (Lipinski definition) is 1. The molecule has 0 bridgehead atoms. The first-order chi connectivity index (χ1) is 8.08. The van der Waals surface area contributed by atoms with E-state index in [9.17, 15) is 9.90 Å². The van der Waals surface area contributed by atoms with E-state index in [0.717, 1.165) is 10.9 Å². The van der Waals surface area contributed by atoms with E-state index in [1.165, 1.54) is 0 Å². The van der Waals surface area contributed by atoms with Crippen LogP contribution in [0.1, 0.15) is 23.8 Å². The molecule has 0 aromatic carbocycles. The zero-order valence-corrected chi connectivity index (χ0v) is 11.2. The number of carbonyl (C=O) groups excluding carboxylic acids is 1. The van der Waals surface area contributed by atoms with E-state index in [1.807, 2.05) is 6.07 Å². The molecular weight excluding hydrogens is 284 g/mol. The Labute approximate surface area is 109 Å². The number of likely N-dealkylation sites (tertiary alicyclic amines) is 1. The number of hydrogen-bond acceptors (Lipinski definition) is 3. The molecule has 1 amide bonds. The maximum absolute atomic E-state index is 12.1. The van der Waals surface area contributed by atoms with Gasteiger partial charge >= 0.3 is 0 Å². The van der Waals surface area contributed by atoms with Crippen LogP contribution in [0.2, 0.25) is 0 Å². The molecule has 17 heavy (non-hydrogen) atoms. The fourth-order valence-electron chi connectivity index (χ4n) is 2.03. The summed E-state index contributed by atoms with van der Waals surface area (Å²) in [5.41, 5.74) is 0.458. The summed E-state index contributed by atoms with van der Waals surface area (Å²) in [5.74, 6) is 0.134. The van der Waals surface area contributed by atoms with E-state index in [1.54, 1.807) is 24.1 Å². The van der Waals surface area contributed by atoms with E-state index in [4.69, 9.17) is 0 Å². The molecule has 1 fully saturated rings. The molecule has 0 radical (unpaired) electrons. The molecule has 2 unspecified atom stereocenters. The lowest BCUT2D eigenvalue weighted by molar-refractivity contribution is 0.0757. The predicted octanol–water partition coefficient (Wildman–Crippen LogP) is 1.69. The van der Waals surface area contributed by atoms with Gasteiger partial charge in [-0.05, 0) is 41.4 Å². The third-order valence-corrected chi connectivity index (χ3v) is 3.61. The first-order valence-corrected chi connectivity index (χ1v) is 6.46. The van der Waals surface area contributed by atoms with Crippen molar-refractivity contribution in [2.45, 2.75) is 19.4 Å². The van der Waals surface area contributed by atoms with Crippen LogP contribution in [0.4, 0.5) is 0 Å². The quantitative estimate of drug-likeness (QED) is 0.904. The molecule has 4 nitrogen and oxygen atoms in total. The van der Waals surface area contributed by atoms with E-state index in [-0.39, 0.29) is 17.9 Å². The summed E-state index contributed by atoms with van der Waals surface area (Å²) in [6, 6.07) is 3.52. The number of amides is 1. The van der Waals surface area contributed by atoms with Crippen molar-refractivity contribution in [1.29, 1.82) is 0 Å². The predicted molar refractivity (Wildman–Crippen MR) is 67.6 cm³/mol. The monoisotopic (exact) mass is 298 g/mol. The van der Waals surface area contributed by atoms with Crippen molar-refractivity contribution in [3.05, 3.63) is 28.5 Å². The molecule has 2 heterocycles. The zero-order valence-electron chi connectivity index (χ0n) is 9.64. The van der Waals surface area contributed by atoms with Gasteiger partial charge in [0, 0.05) is 29.7 Å². The second kappa shape index (κ2) is 5.14. The van der Waals surface area contributed by atoms with E-state index in [2.05, 4.69) is 20.9 Å². The van der Waals surface area contributed by atoms with Gasteiger partial charge in [0.2, 0.25) is 0 Å². The molecule has 1 aromatic rings. The summed E-state index contributed by atoms with van der Waals surface area (Å²) in [4.78, 5) is 17.9. The number of carbonyl (C=O) groups is 1. The molecule has 1 saturated heterocycles. The molecule has 0 saturated carbocycles. The minimum atomic E-state index is -0.356. The lowest BCUT2D eigenvalue weighted by atomic mass is 10.0. The van der Waals surface area contributed by atoms with Crippen LogP contribution in [-0.4, -0.2) is 40.1 Å². The van der Waals surface area contributed by atoms with Gasteiger partial charge in [-0.3, -0.25) is 4.79 Å². The molecular formula is C12H15BrN2O2. The summed E-state index contributed by atoms with van der Waals surface area (Å²) in [7, 11) is 0. The minimum Gasteiger partial charge on any atom is -0.393 e. The van der Waals surface area contributed by atoms with Crippen LogP contribution in [0, 0.1) is 5.92 Å². The summed E-state index contributed by atoms with van der Waals surface area (Å²) in [5, 5.41) is 9.50. The Kier molecular flexibility index (Phi) is 3.79. The maximum Gasteiger partial charge on any atom is 0.272 e. The summed E-state index contributed by atoms with van der Waals surface area (Å²) in [6.07, 6.45) is 2.13. The van der Waals surface area contributed by atoms with Crippen molar-refractivity contribution < 1.29 is 9.90 Å². The van der Waals surface area contributed by atoms with Gasteiger partial charge < -0.3 is 10.0 Å². The van der Waals surface area contributed by atoms with Gasteiger partial charge in [0.15, 0.2) is 0 Å². The lowest BCUT2D eigenvalue weighted by Gasteiger charge is -2.17. The molecule has 92 valence electrons. The van der Waals surface area contributed by atoms with Crippen LogP contribution < -0.4 is 0 Å². The highest BCUT2D eigenvalue weighted by Gasteiger charge is 2.29. The van der Waals surface area contributed by atoms with Crippen LogP contribution >= 0.6 is 15.9 Å². The Morgan fingerprint density at radius 1 is 1.65 bits per heavy atom. The fraction of sp³-hybridized carbons (Fsp3) is 0.500. The Balaban J connectivity index is 2.04. The molecule has 0 aliphatic carbocycles. The van der Waals surface area contributed by atoms with Crippen molar-refractivity contribution in [3.8, 4) is 0 Å². The molecule has 1 aliphatic heterocycles. The van der Waals surface area contributed by atoms with Crippen LogP contribution in [0.15, 0.2) is 22.8 Å². The molecule has 0 spiro atoms. The van der Waals surface area contributed by atoms with Crippen LogP contribution in [0.5, 0.6) is 0 Å². The standard InChI is InChI=1S/C12H15BrN2O2/c1-8(16)9-4-5-15(7-9)12(17)11-3-2-10(13)6-14-11/h2-3,6,8-9,16H,4-5,7H2,1H3. The van der Waals surface area contributed by atoms with Crippen LogP contribution in [0.25, 0.3) is 0 Å². The Hall–Kier alpha value is -0.940. The summed E-state index contributed by atoms with van der Waals surface area (Å²) >= 11 is 3.29. The molecule has 2 rings (SSSR count). The molecule has 1 aliphatic rings. The van der Waals surface area contributed by atoms with Gasteiger partial charge in [0.05, 0.1) is 6.10 Å². The van der Waals surface area contributed by atoms with E-state index >= 15 is 0 Å². The normalized spacial score (nSPS) is 21.6. The molecule has 1 N–H and O–H groups in total. The highest BCUT2D eigenvalue weighted by molar-refractivity contribution is 9.10. The number of halogens is 1. The van der Waals surface area contributed by atoms with Gasteiger partial charge in [-0.1, -0.05) is 0 Å². The largest absolute Gasteiger partial charge is 0.393 e. The topological polar surface area (TPSA) is 53.4 Å². The second-order valence-electron chi connectivity index (χ2n) is 4.40. The smallest absolute Gasteiger partial charge is 0.272 e. The van der Waals surface area contributed by atoms with Gasteiger partial charge in [-0.25, -0.2) is 4.98 Å². The van der Waals surface area contributed by atoms with Gasteiger partial charge in [0.25, 0.3) is 5.91 Å². The number of pyridine rings is 1. The Morgan fingerprint density at radius 2 is 2.41 bits per heavy atom. The highest BCUT2D eigenvalue weighted by Crippen LogP contribution is 2.21. The van der Waals surface area contributed by atoms with Crippen LogP contribution in [0.3, 0.4) is 0 Å². The van der Waals surface area contributed by atoms with Crippen molar-refractivity contribution in [2.75, 3.05) is 13.1 Å².